The van der Waals surface area contributed by atoms with Crippen molar-refractivity contribution in [1.29, 1.82) is 0 Å². The van der Waals surface area contributed by atoms with Gasteiger partial charge in [0.2, 0.25) is 0 Å². The second-order valence-electron chi connectivity index (χ2n) is 1.30. The van der Waals surface area contributed by atoms with E-state index in [-0.39, 0.29) is 6.61 Å². The summed E-state index contributed by atoms with van der Waals surface area (Å²) in [6.07, 6.45) is 3.28. The average molecular weight is 115 g/mol. The number of rotatable bonds is 4. The predicted octanol–water partition coefficient (Wildman–Crippen LogP) is 1.01. The van der Waals surface area contributed by atoms with E-state index >= 15 is 0 Å². The largest absolute Gasteiger partial charge is 0.378 e. The van der Waals surface area contributed by atoms with E-state index in [1.807, 2.05) is 6.92 Å². The first-order chi connectivity index (χ1) is 3.91. The minimum atomic E-state index is -0.146. The molecule has 0 saturated carbocycles. The molecule has 0 spiro atoms. The first kappa shape index (κ1) is 7.66. The maximum absolute atomic E-state index is 9.75. The van der Waals surface area contributed by atoms with Gasteiger partial charge in [-0.05, 0) is 6.92 Å². The lowest BCUT2D eigenvalue weighted by atomic mass is 10.5. The molecular formula is C6H11O2. The van der Waals surface area contributed by atoms with Crippen LogP contribution in [0.15, 0.2) is 12.2 Å². The molecule has 0 amide bonds. The van der Waals surface area contributed by atoms with E-state index in [1.165, 1.54) is 0 Å². The van der Waals surface area contributed by atoms with Crippen molar-refractivity contribution in [1.82, 2.24) is 0 Å². The molecular weight excluding hydrogens is 104 g/mol. The lowest BCUT2D eigenvalue weighted by molar-refractivity contribution is 0.176. The van der Waals surface area contributed by atoms with Crippen LogP contribution in [0.25, 0.3) is 0 Å². The zero-order valence-electron chi connectivity index (χ0n) is 5.09. The molecule has 0 heterocycles. The van der Waals surface area contributed by atoms with Crippen molar-refractivity contribution in [3.05, 3.63) is 12.2 Å². The maximum atomic E-state index is 9.75. The second-order valence-corrected chi connectivity index (χ2v) is 1.30. The maximum Gasteiger partial charge on any atom is 0.100 e. The number of hydrogen-bond acceptors (Lipinski definition) is 1. The van der Waals surface area contributed by atoms with Crippen LogP contribution in [0.2, 0.25) is 0 Å². The summed E-state index contributed by atoms with van der Waals surface area (Å²) in [6, 6.07) is 0. The molecule has 0 aromatic heterocycles. The highest BCUT2D eigenvalue weighted by Gasteiger charge is 1.73. The van der Waals surface area contributed by atoms with Gasteiger partial charge in [0.25, 0.3) is 0 Å². The highest BCUT2D eigenvalue weighted by molar-refractivity contribution is 4.79. The molecule has 0 saturated heterocycles. The predicted molar refractivity (Wildman–Crippen MR) is 31.2 cm³/mol. The molecule has 0 aliphatic heterocycles. The van der Waals surface area contributed by atoms with E-state index in [0.29, 0.717) is 13.2 Å². The van der Waals surface area contributed by atoms with E-state index in [1.54, 1.807) is 12.2 Å². The minimum absolute atomic E-state index is 0.146. The van der Waals surface area contributed by atoms with E-state index in [0.717, 1.165) is 0 Å². The molecule has 0 fully saturated rings. The normalized spacial score (nSPS) is 10.8. The fourth-order valence-corrected chi connectivity index (χ4v) is 0.322. The van der Waals surface area contributed by atoms with Gasteiger partial charge in [-0.15, -0.1) is 0 Å². The third-order valence-corrected chi connectivity index (χ3v) is 0.681. The minimum Gasteiger partial charge on any atom is -0.378 e. The van der Waals surface area contributed by atoms with Crippen molar-refractivity contribution in [2.75, 3.05) is 19.8 Å². The fourth-order valence-electron chi connectivity index (χ4n) is 0.322. The Morgan fingerprint density at radius 1 is 1.50 bits per heavy atom. The van der Waals surface area contributed by atoms with Crippen molar-refractivity contribution in [2.45, 2.75) is 6.92 Å². The molecule has 0 aromatic carbocycles. The Kier molecular flexibility index (Phi) is 6.38. The highest BCUT2D eigenvalue weighted by Crippen LogP contribution is 1.74. The third-order valence-electron chi connectivity index (χ3n) is 0.681. The highest BCUT2D eigenvalue weighted by atomic mass is 16.5. The van der Waals surface area contributed by atoms with Crippen LogP contribution in [0.4, 0.5) is 0 Å². The van der Waals surface area contributed by atoms with Gasteiger partial charge in [-0.2, -0.15) is 0 Å². The zero-order chi connectivity index (χ0) is 6.24. The summed E-state index contributed by atoms with van der Waals surface area (Å²) >= 11 is 0. The van der Waals surface area contributed by atoms with Crippen LogP contribution in [-0.2, 0) is 9.84 Å². The lowest BCUT2D eigenvalue weighted by Crippen LogP contribution is -1.88. The third kappa shape index (κ3) is 5.66. The smallest absolute Gasteiger partial charge is 0.100 e. The Hall–Kier alpha value is -0.340. The summed E-state index contributed by atoms with van der Waals surface area (Å²) < 4.78 is 4.91. The van der Waals surface area contributed by atoms with Crippen molar-refractivity contribution in [2.24, 2.45) is 0 Å². The van der Waals surface area contributed by atoms with E-state index in [9.17, 15) is 5.11 Å². The quantitative estimate of drug-likeness (QED) is 0.397. The molecule has 8 heavy (non-hydrogen) atoms. The van der Waals surface area contributed by atoms with Crippen LogP contribution < -0.4 is 0 Å². The molecule has 2 heteroatoms. The summed E-state index contributed by atoms with van der Waals surface area (Å²) in [6.45, 7) is 3.06. The average Bonchev–Trinajstić information content (AvgIpc) is 1.81. The molecule has 0 aliphatic rings. The van der Waals surface area contributed by atoms with Crippen LogP contribution in [0, 0.1) is 0 Å². The summed E-state index contributed by atoms with van der Waals surface area (Å²) in [5, 5.41) is 9.75. The van der Waals surface area contributed by atoms with E-state index < -0.39 is 0 Å². The zero-order valence-corrected chi connectivity index (χ0v) is 5.09. The van der Waals surface area contributed by atoms with Gasteiger partial charge in [0.1, 0.15) is 6.61 Å². The monoisotopic (exact) mass is 115 g/mol. The van der Waals surface area contributed by atoms with Gasteiger partial charge >= 0.3 is 0 Å². The van der Waals surface area contributed by atoms with Crippen molar-refractivity contribution < 1.29 is 9.84 Å². The van der Waals surface area contributed by atoms with Crippen LogP contribution in [0.3, 0.4) is 0 Å². The van der Waals surface area contributed by atoms with Crippen LogP contribution in [-0.4, -0.2) is 19.8 Å². The molecule has 0 unspecified atom stereocenters. The molecule has 1 radical (unpaired) electrons. The van der Waals surface area contributed by atoms with Crippen molar-refractivity contribution >= 4 is 0 Å². The topological polar surface area (TPSA) is 29.1 Å². The number of ether oxygens (including phenoxy) is 1. The molecule has 2 nitrogen and oxygen atoms in total. The second kappa shape index (κ2) is 6.66. The summed E-state index contributed by atoms with van der Waals surface area (Å²) in [5.41, 5.74) is 0. The van der Waals surface area contributed by atoms with Gasteiger partial charge in [-0.1, -0.05) is 12.2 Å². The van der Waals surface area contributed by atoms with Gasteiger partial charge in [-0.3, -0.25) is 0 Å². The molecule has 0 bridgehead atoms. The SMILES string of the molecule is CCOC/C=C/C[O]. The Morgan fingerprint density at radius 3 is 2.75 bits per heavy atom. The van der Waals surface area contributed by atoms with Crippen LogP contribution in [0.1, 0.15) is 6.92 Å². The van der Waals surface area contributed by atoms with Gasteiger partial charge in [-0.25, -0.2) is 5.11 Å². The molecule has 0 N–H and O–H groups in total. The Balaban J connectivity index is 2.80. The van der Waals surface area contributed by atoms with Gasteiger partial charge < -0.3 is 4.74 Å². The Morgan fingerprint density at radius 2 is 2.25 bits per heavy atom. The Bertz CT molecular complexity index is 59.5. The summed E-state index contributed by atoms with van der Waals surface area (Å²) in [5.74, 6) is 0. The van der Waals surface area contributed by atoms with E-state index in [4.69, 9.17) is 4.74 Å². The summed E-state index contributed by atoms with van der Waals surface area (Å²) in [4.78, 5) is 0. The van der Waals surface area contributed by atoms with Gasteiger partial charge in [0, 0.05) is 6.61 Å². The van der Waals surface area contributed by atoms with Crippen LogP contribution >= 0.6 is 0 Å². The fraction of sp³-hybridized carbons (Fsp3) is 0.667. The Labute approximate surface area is 49.8 Å². The van der Waals surface area contributed by atoms with Gasteiger partial charge in [0.15, 0.2) is 0 Å². The lowest BCUT2D eigenvalue weighted by Gasteiger charge is -1.90. The standard InChI is InChI=1S/C6H11O2/c1-2-8-6-4-3-5-7/h3-4H,2,5-6H2,1H3/b4-3+. The summed E-state index contributed by atoms with van der Waals surface area (Å²) in [7, 11) is 0. The molecule has 0 aromatic rings. The first-order valence-electron chi connectivity index (χ1n) is 2.72. The van der Waals surface area contributed by atoms with Crippen molar-refractivity contribution in [3.8, 4) is 0 Å². The van der Waals surface area contributed by atoms with E-state index in [2.05, 4.69) is 0 Å². The number of hydrogen-bond donors (Lipinski definition) is 0. The van der Waals surface area contributed by atoms with Gasteiger partial charge in [0.05, 0.1) is 6.61 Å². The molecule has 0 atom stereocenters. The molecule has 47 valence electrons. The van der Waals surface area contributed by atoms with Crippen LogP contribution in [0.5, 0.6) is 0 Å². The van der Waals surface area contributed by atoms with Crippen molar-refractivity contribution in [3.63, 3.8) is 0 Å². The molecule has 0 rings (SSSR count). The molecule has 0 aliphatic carbocycles. The first-order valence-corrected chi connectivity index (χ1v) is 2.72.